The van der Waals surface area contributed by atoms with Crippen LogP contribution >= 0.6 is 11.8 Å². The zero-order chi connectivity index (χ0) is 15.3. The zero-order valence-corrected chi connectivity index (χ0v) is 13.5. The monoisotopic (exact) mass is 308 g/mol. The van der Waals surface area contributed by atoms with E-state index in [1.807, 2.05) is 30.5 Å². The van der Waals surface area contributed by atoms with Crippen LogP contribution in [0, 0.1) is 0 Å². The van der Waals surface area contributed by atoms with E-state index >= 15 is 0 Å². The summed E-state index contributed by atoms with van der Waals surface area (Å²) >= 11 is 1.68. The van der Waals surface area contributed by atoms with E-state index in [2.05, 4.69) is 5.32 Å². The Labute approximate surface area is 130 Å². The lowest BCUT2D eigenvalue weighted by Gasteiger charge is -2.30. The lowest BCUT2D eigenvalue weighted by atomic mass is 9.97. The molecule has 1 atom stereocenters. The third kappa shape index (κ3) is 4.14. The van der Waals surface area contributed by atoms with Crippen molar-refractivity contribution < 1.29 is 9.53 Å². The highest BCUT2D eigenvalue weighted by molar-refractivity contribution is 7.98. The van der Waals surface area contributed by atoms with Gasteiger partial charge in [0.2, 0.25) is 0 Å². The third-order valence-corrected chi connectivity index (χ3v) is 4.82. The van der Waals surface area contributed by atoms with Gasteiger partial charge in [-0.1, -0.05) is 12.8 Å². The Morgan fingerprint density at radius 3 is 2.52 bits per heavy atom. The second kappa shape index (κ2) is 7.18. The van der Waals surface area contributed by atoms with Gasteiger partial charge in [0.1, 0.15) is 5.75 Å². The number of thioether (sulfide) groups is 1. The molecular weight excluding hydrogens is 284 g/mol. The van der Waals surface area contributed by atoms with Gasteiger partial charge in [-0.3, -0.25) is 4.79 Å². The molecule has 0 bridgehead atoms. The molecule has 0 radical (unpaired) electrons. The molecule has 1 amide bonds. The van der Waals surface area contributed by atoms with Gasteiger partial charge in [-0.15, -0.1) is 11.8 Å². The maximum absolute atomic E-state index is 12.3. The Bertz CT molecular complexity index is 470. The molecule has 1 fully saturated rings. The molecule has 4 nitrogen and oxygen atoms in total. The first-order valence-corrected chi connectivity index (χ1v) is 8.64. The van der Waals surface area contributed by atoms with Gasteiger partial charge in [0.25, 0.3) is 5.91 Å². The van der Waals surface area contributed by atoms with E-state index in [0.29, 0.717) is 12.3 Å². The number of nitrogens with one attached hydrogen (secondary N) is 1. The van der Waals surface area contributed by atoms with Gasteiger partial charge in [0, 0.05) is 11.4 Å². The molecule has 0 aromatic heterocycles. The van der Waals surface area contributed by atoms with Gasteiger partial charge < -0.3 is 15.8 Å². The largest absolute Gasteiger partial charge is 0.481 e. The Morgan fingerprint density at radius 1 is 1.38 bits per heavy atom. The summed E-state index contributed by atoms with van der Waals surface area (Å²) in [5.41, 5.74) is 5.62. The molecule has 3 N–H and O–H groups in total. The number of benzene rings is 1. The van der Waals surface area contributed by atoms with Crippen molar-refractivity contribution in [3.8, 4) is 5.75 Å². The molecule has 1 unspecified atom stereocenters. The van der Waals surface area contributed by atoms with Crippen LogP contribution < -0.4 is 15.8 Å². The first kappa shape index (κ1) is 16.2. The fourth-order valence-corrected chi connectivity index (χ4v) is 3.12. The number of hydrogen-bond donors (Lipinski definition) is 2. The van der Waals surface area contributed by atoms with Crippen molar-refractivity contribution in [2.24, 2.45) is 5.73 Å². The van der Waals surface area contributed by atoms with Crippen molar-refractivity contribution in [2.45, 2.75) is 49.1 Å². The minimum absolute atomic E-state index is 0.0868. The van der Waals surface area contributed by atoms with Crippen molar-refractivity contribution >= 4 is 17.7 Å². The van der Waals surface area contributed by atoms with Crippen LogP contribution in [-0.4, -0.2) is 30.4 Å². The molecule has 0 spiro atoms. The van der Waals surface area contributed by atoms with E-state index in [0.717, 1.165) is 25.7 Å². The SMILES string of the molecule is CSc1ccc(OC(C)C(=O)NC2(CN)CCCC2)cc1. The number of ether oxygens (including phenoxy) is 1. The fourth-order valence-electron chi connectivity index (χ4n) is 2.71. The van der Waals surface area contributed by atoms with E-state index < -0.39 is 6.10 Å². The summed E-state index contributed by atoms with van der Waals surface area (Å²) in [4.78, 5) is 13.5. The maximum atomic E-state index is 12.3. The van der Waals surface area contributed by atoms with Crippen molar-refractivity contribution in [1.82, 2.24) is 5.32 Å². The highest BCUT2D eigenvalue weighted by Crippen LogP contribution is 2.29. The van der Waals surface area contributed by atoms with Crippen molar-refractivity contribution in [3.05, 3.63) is 24.3 Å². The Hall–Kier alpha value is -1.20. The van der Waals surface area contributed by atoms with E-state index in [9.17, 15) is 4.79 Å². The van der Waals surface area contributed by atoms with Crippen LogP contribution in [0.4, 0.5) is 0 Å². The highest BCUT2D eigenvalue weighted by atomic mass is 32.2. The number of carbonyl (C=O) groups excluding carboxylic acids is 1. The second-order valence-electron chi connectivity index (χ2n) is 5.62. The molecule has 0 saturated heterocycles. The summed E-state index contributed by atoms with van der Waals surface area (Å²) < 4.78 is 5.71. The number of amides is 1. The molecule has 1 aromatic rings. The number of hydrogen-bond acceptors (Lipinski definition) is 4. The van der Waals surface area contributed by atoms with Crippen molar-refractivity contribution in [2.75, 3.05) is 12.8 Å². The summed E-state index contributed by atoms with van der Waals surface area (Å²) in [6, 6.07) is 7.76. The van der Waals surface area contributed by atoms with Gasteiger partial charge >= 0.3 is 0 Å². The number of rotatable bonds is 6. The smallest absolute Gasteiger partial charge is 0.261 e. The van der Waals surface area contributed by atoms with Crippen molar-refractivity contribution in [3.63, 3.8) is 0 Å². The van der Waals surface area contributed by atoms with Crippen LogP contribution in [0.15, 0.2) is 29.2 Å². The molecule has 1 aromatic carbocycles. The quantitative estimate of drug-likeness (QED) is 0.793. The lowest BCUT2D eigenvalue weighted by Crippen LogP contribution is -2.54. The molecule has 116 valence electrons. The predicted molar refractivity (Wildman–Crippen MR) is 86.7 cm³/mol. The van der Waals surface area contributed by atoms with Crippen LogP contribution in [-0.2, 0) is 4.79 Å². The van der Waals surface area contributed by atoms with Crippen LogP contribution in [0.25, 0.3) is 0 Å². The third-order valence-electron chi connectivity index (χ3n) is 4.08. The van der Waals surface area contributed by atoms with Gasteiger partial charge in [-0.05, 0) is 50.3 Å². The van der Waals surface area contributed by atoms with E-state index in [1.165, 1.54) is 4.90 Å². The first-order chi connectivity index (χ1) is 10.1. The number of nitrogens with two attached hydrogens (primary N) is 1. The minimum atomic E-state index is -0.519. The summed E-state index contributed by atoms with van der Waals surface area (Å²) in [6.45, 7) is 2.27. The summed E-state index contributed by atoms with van der Waals surface area (Å²) in [5, 5.41) is 3.09. The zero-order valence-electron chi connectivity index (χ0n) is 12.7. The highest BCUT2D eigenvalue weighted by Gasteiger charge is 2.35. The topological polar surface area (TPSA) is 64.3 Å². The predicted octanol–water partition coefficient (Wildman–Crippen LogP) is 2.56. The Morgan fingerprint density at radius 2 is 2.00 bits per heavy atom. The van der Waals surface area contributed by atoms with Crippen molar-refractivity contribution in [1.29, 1.82) is 0 Å². The minimum Gasteiger partial charge on any atom is -0.481 e. The Kier molecular flexibility index (Phi) is 5.53. The van der Waals surface area contributed by atoms with Crippen LogP contribution in [0.2, 0.25) is 0 Å². The van der Waals surface area contributed by atoms with Crippen LogP contribution in [0.5, 0.6) is 5.75 Å². The van der Waals surface area contributed by atoms with E-state index in [1.54, 1.807) is 18.7 Å². The normalized spacial score (nSPS) is 18.2. The van der Waals surface area contributed by atoms with E-state index in [-0.39, 0.29) is 11.4 Å². The first-order valence-electron chi connectivity index (χ1n) is 7.41. The molecule has 0 aliphatic heterocycles. The average Bonchev–Trinajstić information content (AvgIpc) is 2.97. The molecule has 0 heterocycles. The molecule has 1 aliphatic rings. The standard InChI is InChI=1S/C16H24N2O2S/c1-12(20-13-5-7-14(21-2)8-6-13)15(19)18-16(11-17)9-3-4-10-16/h5-8,12H,3-4,9-11,17H2,1-2H3,(H,18,19). The summed E-state index contributed by atoms with van der Waals surface area (Å²) in [6.07, 6.45) is 5.69. The van der Waals surface area contributed by atoms with Crippen LogP contribution in [0.3, 0.4) is 0 Å². The molecule has 2 rings (SSSR count). The van der Waals surface area contributed by atoms with Gasteiger partial charge in [-0.2, -0.15) is 0 Å². The average molecular weight is 308 g/mol. The molecule has 5 heteroatoms. The summed E-state index contributed by atoms with van der Waals surface area (Å²) in [5.74, 6) is 0.625. The number of carbonyl (C=O) groups is 1. The molecule has 1 saturated carbocycles. The maximum Gasteiger partial charge on any atom is 0.261 e. The fraction of sp³-hybridized carbons (Fsp3) is 0.562. The molecule has 21 heavy (non-hydrogen) atoms. The Balaban J connectivity index is 1.92. The van der Waals surface area contributed by atoms with Gasteiger partial charge in [0.05, 0.1) is 5.54 Å². The van der Waals surface area contributed by atoms with E-state index in [4.69, 9.17) is 10.5 Å². The summed E-state index contributed by atoms with van der Waals surface area (Å²) in [7, 11) is 0. The second-order valence-corrected chi connectivity index (χ2v) is 6.50. The lowest BCUT2D eigenvalue weighted by molar-refractivity contribution is -0.129. The van der Waals surface area contributed by atoms with Gasteiger partial charge in [-0.25, -0.2) is 0 Å². The molecular formula is C16H24N2O2S. The van der Waals surface area contributed by atoms with Crippen LogP contribution in [0.1, 0.15) is 32.6 Å². The molecule has 1 aliphatic carbocycles. The van der Waals surface area contributed by atoms with Gasteiger partial charge in [0.15, 0.2) is 6.10 Å².